The first-order chi connectivity index (χ1) is 13.7. The summed E-state index contributed by atoms with van der Waals surface area (Å²) in [7, 11) is 0. The molecular formula is C23H20N4O. The lowest BCUT2D eigenvalue weighted by Gasteiger charge is -1.85. The van der Waals surface area contributed by atoms with Gasteiger partial charge in [0.1, 0.15) is 0 Å². The van der Waals surface area contributed by atoms with E-state index < -0.39 is 0 Å². The Kier molecular flexibility index (Phi) is 4.14. The van der Waals surface area contributed by atoms with Crippen molar-refractivity contribution < 1.29 is 4.74 Å². The van der Waals surface area contributed by atoms with Crippen LogP contribution in [0.25, 0.3) is 46.4 Å². The highest BCUT2D eigenvalue weighted by Crippen LogP contribution is 2.16. The molecule has 0 spiro atoms. The van der Waals surface area contributed by atoms with Gasteiger partial charge in [0.05, 0.1) is 35.5 Å². The first kappa shape index (κ1) is 16.7. The molecule has 2 N–H and O–H groups in total. The minimum absolute atomic E-state index is 0.583. The van der Waals surface area contributed by atoms with Crippen molar-refractivity contribution in [1.29, 1.82) is 0 Å². The Labute approximate surface area is 162 Å². The fraction of sp³-hybridized carbons (Fsp3) is 0.130. The van der Waals surface area contributed by atoms with E-state index >= 15 is 0 Å². The third-order valence-corrected chi connectivity index (χ3v) is 4.54. The van der Waals surface area contributed by atoms with E-state index in [4.69, 9.17) is 4.74 Å². The van der Waals surface area contributed by atoms with Crippen molar-refractivity contribution in [3.8, 4) is 0 Å². The van der Waals surface area contributed by atoms with Gasteiger partial charge in [-0.3, -0.25) is 0 Å². The van der Waals surface area contributed by atoms with Crippen LogP contribution in [-0.2, 0) is 4.74 Å². The second kappa shape index (κ2) is 6.94. The third-order valence-electron chi connectivity index (χ3n) is 4.54. The molecule has 0 radical (unpaired) electrons. The smallest absolute Gasteiger partial charge is 0.0781 e. The molecule has 0 saturated carbocycles. The zero-order valence-corrected chi connectivity index (χ0v) is 15.5. The predicted molar refractivity (Wildman–Crippen MR) is 114 cm³/mol. The van der Waals surface area contributed by atoms with Crippen LogP contribution < -0.4 is 0 Å². The normalized spacial score (nSPS) is 16.5. The van der Waals surface area contributed by atoms with Crippen molar-refractivity contribution in [2.75, 3.05) is 6.61 Å². The van der Waals surface area contributed by atoms with Crippen molar-refractivity contribution in [2.45, 2.75) is 13.0 Å². The van der Waals surface area contributed by atoms with Crippen LogP contribution in [0.15, 0.2) is 48.5 Å². The van der Waals surface area contributed by atoms with Crippen LogP contribution in [0, 0.1) is 0 Å². The summed E-state index contributed by atoms with van der Waals surface area (Å²) < 4.78 is 4.71. The largest absolute Gasteiger partial charge is 0.373 e. The van der Waals surface area contributed by atoms with Crippen LogP contribution in [0.4, 0.5) is 0 Å². The van der Waals surface area contributed by atoms with Crippen molar-refractivity contribution in [2.24, 2.45) is 0 Å². The van der Waals surface area contributed by atoms with Gasteiger partial charge in [-0.15, -0.1) is 0 Å². The molecule has 1 saturated heterocycles. The Morgan fingerprint density at radius 2 is 0.964 bits per heavy atom. The number of nitrogens with zero attached hydrogens (tertiary/aromatic N) is 2. The Bertz CT molecular complexity index is 1070. The average Bonchev–Trinajstić information content (AvgIpc) is 3.15. The van der Waals surface area contributed by atoms with Gasteiger partial charge in [-0.2, -0.15) is 0 Å². The summed E-state index contributed by atoms with van der Waals surface area (Å²) in [6, 6.07) is 16.4. The number of fused-ring (bicyclic) bond motifs is 8. The van der Waals surface area contributed by atoms with Gasteiger partial charge in [0, 0.05) is 22.1 Å². The van der Waals surface area contributed by atoms with E-state index in [1.807, 2.05) is 48.6 Å². The number of nitrogens with one attached hydrogen (secondary N) is 2. The summed E-state index contributed by atoms with van der Waals surface area (Å²) in [6.45, 7) is 3.04. The molecule has 6 rings (SSSR count). The molecule has 3 aromatic rings. The average molecular weight is 368 g/mol. The minimum Gasteiger partial charge on any atom is -0.373 e. The molecule has 5 nitrogen and oxygen atoms in total. The van der Waals surface area contributed by atoms with E-state index in [9.17, 15) is 0 Å². The lowest BCUT2D eigenvalue weighted by molar-refractivity contribution is 0.423. The van der Waals surface area contributed by atoms with Crippen LogP contribution in [-0.4, -0.2) is 32.6 Å². The van der Waals surface area contributed by atoms with Gasteiger partial charge in [-0.1, -0.05) is 0 Å². The number of H-pyrrole nitrogens is 2. The van der Waals surface area contributed by atoms with Crippen molar-refractivity contribution in [1.82, 2.24) is 19.9 Å². The number of epoxide rings is 1. The molecule has 8 bridgehead atoms. The van der Waals surface area contributed by atoms with Gasteiger partial charge in [0.2, 0.25) is 0 Å². The molecule has 6 heterocycles. The van der Waals surface area contributed by atoms with E-state index in [2.05, 4.69) is 51.1 Å². The summed E-state index contributed by atoms with van der Waals surface area (Å²) in [5.41, 5.74) is 7.86. The molecule has 0 aliphatic carbocycles. The zero-order chi connectivity index (χ0) is 18.9. The van der Waals surface area contributed by atoms with Crippen LogP contribution in [0.2, 0.25) is 0 Å². The van der Waals surface area contributed by atoms with Crippen molar-refractivity contribution >= 4 is 46.4 Å². The summed E-state index contributed by atoms with van der Waals surface area (Å²) in [4.78, 5) is 16.0. The lowest BCUT2D eigenvalue weighted by Crippen LogP contribution is -1.75. The molecule has 3 aromatic heterocycles. The lowest BCUT2D eigenvalue weighted by atomic mass is 10.3. The van der Waals surface area contributed by atoms with Crippen LogP contribution in [0.1, 0.15) is 29.7 Å². The number of rotatable bonds is 0. The standard InChI is InChI=1S/C20H14N4.C3H6O/c1-2-14-10-16-5-6-18(23-16)12-20-8-7-19(24-20)11-17-4-3-15(22-17)9-13(1)21-14;1-3-2-4-3/h1-12,21,24H;3H,2H2,1H3. The number of hydrogen-bond acceptors (Lipinski definition) is 3. The predicted octanol–water partition coefficient (Wildman–Crippen LogP) is 5.06. The zero-order valence-electron chi connectivity index (χ0n) is 15.5. The molecule has 1 fully saturated rings. The van der Waals surface area contributed by atoms with Crippen LogP contribution >= 0.6 is 0 Å². The number of aromatic nitrogens is 4. The van der Waals surface area contributed by atoms with Crippen molar-refractivity contribution in [3.05, 3.63) is 71.3 Å². The second-order valence-corrected chi connectivity index (χ2v) is 7.05. The van der Waals surface area contributed by atoms with Gasteiger partial charge in [-0.25, -0.2) is 9.97 Å². The maximum atomic E-state index is 4.71. The van der Waals surface area contributed by atoms with Crippen LogP contribution in [0.5, 0.6) is 0 Å². The van der Waals surface area contributed by atoms with Gasteiger partial charge in [-0.05, 0) is 79.8 Å². The van der Waals surface area contributed by atoms with Crippen LogP contribution in [0.3, 0.4) is 0 Å². The number of hydrogen-bond donors (Lipinski definition) is 2. The van der Waals surface area contributed by atoms with E-state index in [0.717, 1.165) is 51.4 Å². The first-order valence-corrected chi connectivity index (χ1v) is 9.36. The summed E-state index contributed by atoms with van der Waals surface area (Å²) in [5.74, 6) is 0. The summed E-state index contributed by atoms with van der Waals surface area (Å²) in [6.07, 6.45) is 8.67. The minimum atomic E-state index is 0.583. The monoisotopic (exact) mass is 368 g/mol. The third kappa shape index (κ3) is 3.94. The molecule has 0 aromatic carbocycles. The fourth-order valence-corrected chi connectivity index (χ4v) is 3.04. The number of ether oxygens (including phenoxy) is 1. The maximum Gasteiger partial charge on any atom is 0.0781 e. The summed E-state index contributed by atoms with van der Waals surface area (Å²) in [5, 5.41) is 0. The van der Waals surface area contributed by atoms with E-state index in [1.165, 1.54) is 0 Å². The molecule has 28 heavy (non-hydrogen) atoms. The maximum absolute atomic E-state index is 4.71. The Hall–Kier alpha value is -3.44. The van der Waals surface area contributed by atoms with E-state index in [1.54, 1.807) is 0 Å². The Morgan fingerprint density at radius 3 is 1.21 bits per heavy atom. The topological polar surface area (TPSA) is 69.9 Å². The molecule has 1 unspecified atom stereocenters. The molecule has 138 valence electrons. The molecule has 1 atom stereocenters. The van der Waals surface area contributed by atoms with E-state index in [0.29, 0.717) is 6.10 Å². The quantitative estimate of drug-likeness (QED) is 0.375. The van der Waals surface area contributed by atoms with Crippen molar-refractivity contribution in [3.63, 3.8) is 0 Å². The molecule has 0 amide bonds. The second-order valence-electron chi connectivity index (χ2n) is 7.05. The van der Waals surface area contributed by atoms with Gasteiger partial charge in [0.15, 0.2) is 0 Å². The summed E-state index contributed by atoms with van der Waals surface area (Å²) >= 11 is 0. The van der Waals surface area contributed by atoms with Gasteiger partial charge >= 0.3 is 0 Å². The molecule has 3 aliphatic heterocycles. The SMILES string of the molecule is C1=Cc2cc3ccc(cc4nc(cc5ccc(cc1n2)[nH]5)C=C4)[nH]3.CC1CO1. The Balaban J connectivity index is 0.000000382. The van der Waals surface area contributed by atoms with Gasteiger partial charge < -0.3 is 14.7 Å². The highest BCUT2D eigenvalue weighted by Gasteiger charge is 2.13. The Morgan fingerprint density at radius 1 is 0.679 bits per heavy atom. The molecule has 5 heteroatoms. The highest BCUT2D eigenvalue weighted by atomic mass is 16.6. The van der Waals surface area contributed by atoms with E-state index in [-0.39, 0.29) is 0 Å². The fourth-order valence-electron chi connectivity index (χ4n) is 3.04. The first-order valence-electron chi connectivity index (χ1n) is 9.36. The highest BCUT2D eigenvalue weighted by molar-refractivity contribution is 5.77. The van der Waals surface area contributed by atoms with Gasteiger partial charge in [0.25, 0.3) is 0 Å². The molecule has 3 aliphatic rings. The molecular weight excluding hydrogens is 348 g/mol. The number of aromatic amines is 2.